The summed E-state index contributed by atoms with van der Waals surface area (Å²) >= 11 is 1.46. The molecule has 0 saturated carbocycles. The topological polar surface area (TPSA) is 97.3 Å². The van der Waals surface area contributed by atoms with Crippen molar-refractivity contribution in [3.63, 3.8) is 0 Å². The van der Waals surface area contributed by atoms with E-state index in [-0.39, 0.29) is 11.3 Å². The van der Waals surface area contributed by atoms with Crippen molar-refractivity contribution in [3.05, 3.63) is 33.9 Å². The lowest BCUT2D eigenvalue weighted by Gasteiger charge is -2.31. The van der Waals surface area contributed by atoms with E-state index in [1.165, 1.54) is 11.3 Å². The van der Waals surface area contributed by atoms with Crippen molar-refractivity contribution >= 4 is 29.4 Å². The molecule has 3 heterocycles. The van der Waals surface area contributed by atoms with Gasteiger partial charge in [0.1, 0.15) is 16.8 Å². The number of carbonyl (C=O) groups excluding carboxylic acids is 1. The lowest BCUT2D eigenvalue weighted by Crippen LogP contribution is -2.48. The highest BCUT2D eigenvalue weighted by molar-refractivity contribution is 7.12. The predicted octanol–water partition coefficient (Wildman–Crippen LogP) is 2.03. The molecule has 1 atom stereocenters. The van der Waals surface area contributed by atoms with E-state index < -0.39 is 6.04 Å². The van der Waals surface area contributed by atoms with Crippen molar-refractivity contribution < 1.29 is 9.21 Å². The summed E-state index contributed by atoms with van der Waals surface area (Å²) in [7, 11) is 0. The fourth-order valence-electron chi connectivity index (χ4n) is 2.77. The highest BCUT2D eigenvalue weighted by Crippen LogP contribution is 2.27. The van der Waals surface area contributed by atoms with Crippen molar-refractivity contribution in [1.82, 2.24) is 20.2 Å². The number of amides is 1. The number of carbonyl (C=O) groups is 1. The molecule has 1 aliphatic heterocycles. The Morgan fingerprint density at radius 1 is 1.31 bits per heavy atom. The highest BCUT2D eigenvalue weighted by Gasteiger charge is 2.29. The van der Waals surface area contributed by atoms with E-state index in [1.54, 1.807) is 12.4 Å². The number of primary amides is 1. The molecule has 0 aliphatic carbocycles. The van der Waals surface area contributed by atoms with Gasteiger partial charge in [-0.3, -0.25) is 9.69 Å². The normalized spacial score (nSPS) is 17.7. The molecule has 0 bridgehead atoms. The number of oxazole rings is 1. The molecule has 26 heavy (non-hydrogen) atoms. The Hall–Kier alpha value is -2.03. The van der Waals surface area contributed by atoms with Crippen LogP contribution in [0.15, 0.2) is 16.8 Å². The summed E-state index contributed by atoms with van der Waals surface area (Å²) in [4.78, 5) is 23.7. The van der Waals surface area contributed by atoms with Gasteiger partial charge in [-0.05, 0) is 6.08 Å². The summed E-state index contributed by atoms with van der Waals surface area (Å²) in [6.07, 6.45) is 7.22. The van der Waals surface area contributed by atoms with E-state index in [2.05, 4.69) is 41.0 Å². The fourth-order valence-corrected chi connectivity index (χ4v) is 3.73. The SMILES string of the molecule is CC(C)(C)c1cnc(/C=C/c2cnc(C(C(N)=O)N3CCNCC3)s2)o1. The number of thiazole rings is 1. The first-order valence-electron chi connectivity index (χ1n) is 8.69. The first kappa shape index (κ1) is 18.8. The smallest absolute Gasteiger partial charge is 0.241 e. The Balaban J connectivity index is 1.74. The fraction of sp³-hybridized carbons (Fsp3) is 0.500. The van der Waals surface area contributed by atoms with Gasteiger partial charge in [0, 0.05) is 48.7 Å². The zero-order valence-electron chi connectivity index (χ0n) is 15.4. The summed E-state index contributed by atoms with van der Waals surface area (Å²) in [5.74, 6) is 1.03. The van der Waals surface area contributed by atoms with Crippen LogP contribution in [0.5, 0.6) is 0 Å². The molecule has 1 amide bonds. The maximum absolute atomic E-state index is 12.0. The third kappa shape index (κ3) is 4.38. The molecule has 1 saturated heterocycles. The van der Waals surface area contributed by atoms with Gasteiger partial charge in [-0.15, -0.1) is 11.3 Å². The summed E-state index contributed by atoms with van der Waals surface area (Å²) < 4.78 is 5.75. The van der Waals surface area contributed by atoms with E-state index in [4.69, 9.17) is 10.2 Å². The molecule has 0 spiro atoms. The van der Waals surface area contributed by atoms with Crippen LogP contribution in [-0.4, -0.2) is 47.0 Å². The number of hydrogen-bond acceptors (Lipinski definition) is 7. The van der Waals surface area contributed by atoms with E-state index in [0.717, 1.165) is 41.8 Å². The molecule has 2 aromatic heterocycles. The molecule has 1 fully saturated rings. The summed E-state index contributed by atoms with van der Waals surface area (Å²) in [6, 6.07) is -0.474. The van der Waals surface area contributed by atoms with Crippen LogP contribution in [-0.2, 0) is 10.2 Å². The monoisotopic (exact) mass is 375 g/mol. The van der Waals surface area contributed by atoms with Gasteiger partial charge in [0.2, 0.25) is 11.8 Å². The van der Waals surface area contributed by atoms with E-state index in [0.29, 0.717) is 5.89 Å². The minimum absolute atomic E-state index is 0.0746. The van der Waals surface area contributed by atoms with Crippen LogP contribution < -0.4 is 11.1 Å². The second-order valence-corrected chi connectivity index (χ2v) is 8.43. The van der Waals surface area contributed by atoms with Crippen LogP contribution in [0, 0.1) is 0 Å². The summed E-state index contributed by atoms with van der Waals surface area (Å²) in [5, 5.41) is 4.00. The number of nitrogens with two attached hydrogens (primary N) is 1. The van der Waals surface area contributed by atoms with Gasteiger partial charge in [-0.25, -0.2) is 9.97 Å². The van der Waals surface area contributed by atoms with Crippen molar-refractivity contribution in [3.8, 4) is 0 Å². The Morgan fingerprint density at radius 3 is 2.65 bits per heavy atom. The molecule has 2 aromatic rings. The van der Waals surface area contributed by atoms with Gasteiger partial charge in [0.15, 0.2) is 0 Å². The standard InChI is InChI=1S/C18H25N5O2S/c1-18(2,3)13-11-21-14(25-13)5-4-12-10-22-17(26-12)15(16(19)24)23-8-6-20-7-9-23/h4-5,10-11,15,20H,6-9H2,1-3H3,(H2,19,24)/b5-4+. The number of piperazine rings is 1. The highest BCUT2D eigenvalue weighted by atomic mass is 32.1. The van der Waals surface area contributed by atoms with Crippen LogP contribution >= 0.6 is 11.3 Å². The average molecular weight is 375 g/mol. The summed E-state index contributed by atoms with van der Waals surface area (Å²) in [5.41, 5.74) is 5.57. The quantitative estimate of drug-likeness (QED) is 0.830. The second-order valence-electron chi connectivity index (χ2n) is 7.34. The van der Waals surface area contributed by atoms with Crippen molar-refractivity contribution in [2.75, 3.05) is 26.2 Å². The van der Waals surface area contributed by atoms with Crippen LogP contribution in [0.1, 0.15) is 48.3 Å². The van der Waals surface area contributed by atoms with Gasteiger partial charge in [0.25, 0.3) is 0 Å². The van der Waals surface area contributed by atoms with Crippen LogP contribution in [0.4, 0.5) is 0 Å². The average Bonchev–Trinajstić information content (AvgIpc) is 3.23. The number of nitrogens with one attached hydrogen (secondary N) is 1. The molecule has 1 unspecified atom stereocenters. The third-order valence-corrected chi connectivity index (χ3v) is 5.23. The molecular formula is C18H25N5O2S. The number of hydrogen-bond donors (Lipinski definition) is 2. The first-order chi connectivity index (χ1) is 12.3. The van der Waals surface area contributed by atoms with E-state index in [9.17, 15) is 4.79 Å². The first-order valence-corrected chi connectivity index (χ1v) is 9.50. The largest absolute Gasteiger partial charge is 0.441 e. The molecule has 0 aromatic carbocycles. The molecule has 7 nitrogen and oxygen atoms in total. The van der Waals surface area contributed by atoms with E-state index >= 15 is 0 Å². The Morgan fingerprint density at radius 2 is 2.04 bits per heavy atom. The molecular weight excluding hydrogens is 350 g/mol. The number of aromatic nitrogens is 2. The van der Waals surface area contributed by atoms with E-state index in [1.807, 2.05) is 12.2 Å². The summed E-state index contributed by atoms with van der Waals surface area (Å²) in [6.45, 7) is 9.50. The van der Waals surface area contributed by atoms with Crippen molar-refractivity contribution in [2.45, 2.75) is 32.2 Å². The molecule has 0 radical (unpaired) electrons. The predicted molar refractivity (Wildman–Crippen MR) is 103 cm³/mol. The number of rotatable bonds is 5. The van der Waals surface area contributed by atoms with Gasteiger partial charge in [-0.2, -0.15) is 0 Å². The van der Waals surface area contributed by atoms with Crippen LogP contribution in [0.2, 0.25) is 0 Å². The van der Waals surface area contributed by atoms with Crippen molar-refractivity contribution in [1.29, 1.82) is 0 Å². The zero-order valence-corrected chi connectivity index (χ0v) is 16.2. The zero-order chi connectivity index (χ0) is 18.7. The minimum atomic E-state index is -0.474. The lowest BCUT2D eigenvalue weighted by molar-refractivity contribution is -0.123. The molecule has 3 rings (SSSR count). The maximum Gasteiger partial charge on any atom is 0.241 e. The Labute approximate surface area is 157 Å². The lowest BCUT2D eigenvalue weighted by atomic mass is 9.94. The Bertz CT molecular complexity index is 784. The van der Waals surface area contributed by atoms with Crippen LogP contribution in [0.3, 0.4) is 0 Å². The molecule has 3 N–H and O–H groups in total. The van der Waals surface area contributed by atoms with Crippen LogP contribution in [0.25, 0.3) is 12.2 Å². The van der Waals surface area contributed by atoms with Gasteiger partial charge in [-0.1, -0.05) is 20.8 Å². The van der Waals surface area contributed by atoms with Gasteiger partial charge >= 0.3 is 0 Å². The number of nitrogens with zero attached hydrogens (tertiary/aromatic N) is 3. The molecule has 1 aliphatic rings. The van der Waals surface area contributed by atoms with Crippen molar-refractivity contribution in [2.24, 2.45) is 5.73 Å². The Kier molecular flexibility index (Phi) is 5.55. The second kappa shape index (κ2) is 7.69. The molecule has 8 heteroatoms. The minimum Gasteiger partial charge on any atom is -0.441 e. The van der Waals surface area contributed by atoms with Gasteiger partial charge in [0.05, 0.1) is 6.20 Å². The van der Waals surface area contributed by atoms with Gasteiger partial charge < -0.3 is 15.5 Å². The maximum atomic E-state index is 12.0. The third-order valence-electron chi connectivity index (χ3n) is 4.21. The molecule has 140 valence electrons.